The number of unbranched alkanes of at least 4 members (excludes halogenated alkanes) is 1. The van der Waals surface area contributed by atoms with Crippen molar-refractivity contribution < 1.29 is 14.3 Å². The van der Waals surface area contributed by atoms with Crippen molar-refractivity contribution in [2.75, 3.05) is 13.2 Å². The zero-order valence-electron chi connectivity index (χ0n) is 18.8. The van der Waals surface area contributed by atoms with Gasteiger partial charge in [-0.3, -0.25) is 4.79 Å². The highest BCUT2D eigenvalue weighted by Gasteiger charge is 2.13. The van der Waals surface area contributed by atoms with Gasteiger partial charge in [-0.2, -0.15) is 0 Å². The summed E-state index contributed by atoms with van der Waals surface area (Å²) in [5.74, 6) is -0.255. The first kappa shape index (κ1) is 24.4. The van der Waals surface area contributed by atoms with E-state index in [4.69, 9.17) is 4.74 Å². The Kier molecular flexibility index (Phi) is 11.2. The van der Waals surface area contributed by atoms with E-state index in [0.717, 1.165) is 37.7 Å². The van der Waals surface area contributed by atoms with E-state index in [1.54, 1.807) is 4.90 Å². The van der Waals surface area contributed by atoms with E-state index in [0.29, 0.717) is 25.6 Å². The third-order valence-corrected chi connectivity index (χ3v) is 5.41. The van der Waals surface area contributed by atoms with Crippen molar-refractivity contribution in [1.29, 1.82) is 0 Å². The maximum absolute atomic E-state index is 12.8. The molecule has 0 spiro atoms. The number of hydrogen-bond donors (Lipinski definition) is 0. The van der Waals surface area contributed by atoms with Crippen LogP contribution in [0.2, 0.25) is 0 Å². The van der Waals surface area contributed by atoms with Gasteiger partial charge in [-0.25, -0.2) is 4.79 Å². The van der Waals surface area contributed by atoms with Crippen LogP contribution in [-0.4, -0.2) is 29.9 Å². The van der Waals surface area contributed by atoms with Gasteiger partial charge in [0, 0.05) is 25.2 Å². The Labute approximate surface area is 186 Å². The third-order valence-electron chi connectivity index (χ3n) is 5.41. The molecular formula is C27H35NO3. The minimum atomic E-state index is -0.453. The van der Waals surface area contributed by atoms with Crippen molar-refractivity contribution in [1.82, 2.24) is 4.90 Å². The molecule has 0 saturated heterocycles. The van der Waals surface area contributed by atoms with Gasteiger partial charge in [-0.15, -0.1) is 0 Å². The van der Waals surface area contributed by atoms with Crippen LogP contribution in [0, 0.1) is 5.92 Å². The van der Waals surface area contributed by atoms with Crippen molar-refractivity contribution >= 4 is 11.9 Å². The Morgan fingerprint density at radius 2 is 1.58 bits per heavy atom. The van der Waals surface area contributed by atoms with Crippen molar-refractivity contribution in [2.45, 2.75) is 52.5 Å². The normalized spacial score (nSPS) is 11.9. The number of rotatable bonds is 13. The average Bonchev–Trinajstić information content (AvgIpc) is 2.81. The highest BCUT2D eigenvalue weighted by molar-refractivity contribution is 5.94. The number of benzene rings is 2. The Morgan fingerprint density at radius 3 is 2.19 bits per heavy atom. The zero-order chi connectivity index (χ0) is 22.3. The molecule has 0 aliphatic heterocycles. The molecule has 0 heterocycles. The van der Waals surface area contributed by atoms with E-state index < -0.39 is 5.97 Å². The molecule has 1 unspecified atom stereocenters. The van der Waals surface area contributed by atoms with Crippen LogP contribution < -0.4 is 0 Å². The largest absolute Gasteiger partial charge is 0.462 e. The molecular weight excluding hydrogens is 386 g/mol. The molecule has 166 valence electrons. The molecule has 0 fully saturated rings. The van der Waals surface area contributed by atoms with Gasteiger partial charge in [0.05, 0.1) is 6.61 Å². The fraction of sp³-hybridized carbons (Fsp3) is 0.407. The maximum atomic E-state index is 12.8. The van der Waals surface area contributed by atoms with Gasteiger partial charge >= 0.3 is 5.97 Å². The first-order valence-electron chi connectivity index (χ1n) is 11.3. The summed E-state index contributed by atoms with van der Waals surface area (Å²) in [6, 6.07) is 20.0. The predicted octanol–water partition coefficient (Wildman–Crippen LogP) is 5.57. The van der Waals surface area contributed by atoms with Crippen LogP contribution in [-0.2, 0) is 27.3 Å². The van der Waals surface area contributed by atoms with Gasteiger partial charge in [-0.05, 0) is 29.9 Å². The number of nitrogens with zero attached hydrogens (tertiary/aromatic N) is 1. The zero-order valence-corrected chi connectivity index (χ0v) is 18.8. The smallest absolute Gasteiger partial charge is 0.330 e. The summed E-state index contributed by atoms with van der Waals surface area (Å²) in [5.41, 5.74) is 2.23. The van der Waals surface area contributed by atoms with E-state index in [9.17, 15) is 9.59 Å². The summed E-state index contributed by atoms with van der Waals surface area (Å²) in [6.45, 7) is 5.76. The van der Waals surface area contributed by atoms with Gasteiger partial charge in [0.15, 0.2) is 0 Å². The van der Waals surface area contributed by atoms with E-state index in [-0.39, 0.29) is 5.91 Å². The van der Waals surface area contributed by atoms with Gasteiger partial charge < -0.3 is 9.64 Å². The van der Waals surface area contributed by atoms with Crippen LogP contribution in [0.1, 0.15) is 50.7 Å². The molecule has 2 aromatic rings. The lowest BCUT2D eigenvalue weighted by Gasteiger charge is -2.21. The number of amides is 1. The van der Waals surface area contributed by atoms with E-state index in [2.05, 4.69) is 26.0 Å². The summed E-state index contributed by atoms with van der Waals surface area (Å²) >= 11 is 0. The molecule has 4 heteroatoms. The number of carbonyl (C=O) groups excluding carboxylic acids is 2. The third kappa shape index (κ3) is 9.65. The molecule has 0 N–H and O–H groups in total. The van der Waals surface area contributed by atoms with Crippen molar-refractivity contribution in [3.63, 3.8) is 0 Å². The lowest BCUT2D eigenvalue weighted by Crippen LogP contribution is -2.31. The molecule has 0 saturated carbocycles. The SMILES string of the molecule is CCCCC(CC)COC(=O)/C=C/C(=O)N(CCc1ccccc1)Cc1ccccc1. The van der Waals surface area contributed by atoms with Gasteiger partial charge in [-0.1, -0.05) is 93.8 Å². The lowest BCUT2D eigenvalue weighted by molar-refractivity contribution is -0.139. The molecule has 2 rings (SSSR count). The highest BCUT2D eigenvalue weighted by Crippen LogP contribution is 2.13. The average molecular weight is 422 g/mol. The summed E-state index contributed by atoms with van der Waals surface area (Å²) in [6.07, 6.45) is 7.68. The highest BCUT2D eigenvalue weighted by atomic mass is 16.5. The second-order valence-electron chi connectivity index (χ2n) is 7.86. The monoisotopic (exact) mass is 421 g/mol. The molecule has 0 aliphatic rings. The standard InChI is InChI=1S/C27H35NO3/c1-3-5-12-23(4-2)22-31-27(30)18-17-26(29)28(21-25-15-10-7-11-16-25)20-19-24-13-8-6-9-14-24/h6-11,13-18,23H,3-5,12,19-22H2,1-2H3/b18-17+. The Morgan fingerprint density at radius 1 is 0.935 bits per heavy atom. The molecule has 4 nitrogen and oxygen atoms in total. The number of esters is 1. The second-order valence-corrected chi connectivity index (χ2v) is 7.86. The first-order chi connectivity index (χ1) is 15.1. The van der Waals surface area contributed by atoms with E-state index in [1.165, 1.54) is 17.7 Å². The van der Waals surface area contributed by atoms with E-state index in [1.807, 2.05) is 48.5 Å². The predicted molar refractivity (Wildman–Crippen MR) is 125 cm³/mol. The molecule has 1 atom stereocenters. The van der Waals surface area contributed by atoms with Gasteiger partial charge in [0.1, 0.15) is 0 Å². The number of hydrogen-bond acceptors (Lipinski definition) is 3. The van der Waals surface area contributed by atoms with Crippen LogP contribution in [0.4, 0.5) is 0 Å². The Hall–Kier alpha value is -2.88. The maximum Gasteiger partial charge on any atom is 0.330 e. The fourth-order valence-corrected chi connectivity index (χ4v) is 3.37. The molecule has 0 aliphatic carbocycles. The lowest BCUT2D eigenvalue weighted by atomic mass is 10.0. The quantitative estimate of drug-likeness (QED) is 0.314. The van der Waals surface area contributed by atoms with Crippen LogP contribution in [0.5, 0.6) is 0 Å². The molecule has 31 heavy (non-hydrogen) atoms. The fourth-order valence-electron chi connectivity index (χ4n) is 3.37. The first-order valence-corrected chi connectivity index (χ1v) is 11.3. The molecule has 0 bridgehead atoms. The molecule has 0 aromatic heterocycles. The Balaban J connectivity index is 1.94. The summed E-state index contributed by atoms with van der Waals surface area (Å²) < 4.78 is 5.37. The number of ether oxygens (including phenoxy) is 1. The van der Waals surface area contributed by atoms with Crippen LogP contribution in [0.25, 0.3) is 0 Å². The van der Waals surface area contributed by atoms with Crippen LogP contribution in [0.15, 0.2) is 72.8 Å². The Bertz CT molecular complexity index is 802. The number of carbonyl (C=O) groups is 2. The van der Waals surface area contributed by atoms with Crippen molar-refractivity contribution in [3.05, 3.63) is 83.9 Å². The topological polar surface area (TPSA) is 46.6 Å². The summed E-state index contributed by atoms with van der Waals surface area (Å²) in [5, 5.41) is 0. The van der Waals surface area contributed by atoms with Crippen molar-refractivity contribution in [3.8, 4) is 0 Å². The summed E-state index contributed by atoms with van der Waals surface area (Å²) in [7, 11) is 0. The van der Waals surface area contributed by atoms with E-state index >= 15 is 0 Å². The molecule has 0 radical (unpaired) electrons. The molecule has 2 aromatic carbocycles. The minimum absolute atomic E-state index is 0.185. The van der Waals surface area contributed by atoms with Crippen LogP contribution in [0.3, 0.4) is 0 Å². The molecule has 1 amide bonds. The van der Waals surface area contributed by atoms with Gasteiger partial charge in [0.2, 0.25) is 5.91 Å². The summed E-state index contributed by atoms with van der Waals surface area (Å²) in [4.78, 5) is 26.7. The van der Waals surface area contributed by atoms with Crippen LogP contribution >= 0.6 is 0 Å². The van der Waals surface area contributed by atoms with Crippen molar-refractivity contribution in [2.24, 2.45) is 5.92 Å². The minimum Gasteiger partial charge on any atom is -0.462 e. The van der Waals surface area contributed by atoms with Gasteiger partial charge in [0.25, 0.3) is 0 Å². The second kappa shape index (κ2) is 14.2.